The number of carbonyl (C=O) groups is 1. The van der Waals surface area contributed by atoms with Crippen LogP contribution < -0.4 is 5.32 Å². The van der Waals surface area contributed by atoms with Crippen LogP contribution in [0.1, 0.15) is 34.1 Å². The van der Waals surface area contributed by atoms with Gasteiger partial charge in [-0.2, -0.15) is 0 Å². The number of benzene rings is 2. The van der Waals surface area contributed by atoms with E-state index in [-0.39, 0.29) is 5.91 Å². The number of nitrogens with one attached hydrogen (secondary N) is 1. The van der Waals surface area contributed by atoms with Crippen molar-refractivity contribution in [3.8, 4) is 0 Å². The highest BCUT2D eigenvalue weighted by atomic mass is 32.2. The van der Waals surface area contributed by atoms with Crippen LogP contribution in [0.3, 0.4) is 0 Å². The number of carbonyl (C=O) groups excluding carboxylic acids is 1. The van der Waals surface area contributed by atoms with E-state index in [4.69, 9.17) is 0 Å². The van der Waals surface area contributed by atoms with Gasteiger partial charge in [0.05, 0.1) is 0 Å². The molecule has 0 fully saturated rings. The Balaban J connectivity index is 1.71. The Morgan fingerprint density at radius 1 is 1.16 bits per heavy atom. The van der Waals surface area contributed by atoms with Gasteiger partial charge in [0.15, 0.2) is 0 Å². The fraction of sp³-hybridized carbons (Fsp3) is 0.200. The van der Waals surface area contributed by atoms with Gasteiger partial charge in [-0.1, -0.05) is 49.0 Å². The second kappa shape index (κ2) is 8.32. The number of amides is 1. The molecule has 3 nitrogen and oxygen atoms in total. The fourth-order valence-corrected chi connectivity index (χ4v) is 4.28. The molecule has 0 saturated carbocycles. The summed E-state index contributed by atoms with van der Waals surface area (Å²) in [5, 5.41) is 5.03. The molecule has 0 saturated heterocycles. The molecular weight excluding hydrogens is 348 g/mol. The van der Waals surface area contributed by atoms with E-state index in [1.54, 1.807) is 23.1 Å². The Bertz CT molecular complexity index is 856. The summed E-state index contributed by atoms with van der Waals surface area (Å²) in [5.41, 5.74) is 4.84. The van der Waals surface area contributed by atoms with Gasteiger partial charge in [-0.15, -0.1) is 11.3 Å². The van der Waals surface area contributed by atoms with Gasteiger partial charge in [0, 0.05) is 28.1 Å². The Kier molecular flexibility index (Phi) is 5.89. The summed E-state index contributed by atoms with van der Waals surface area (Å²) >= 11 is 3.30. The third kappa shape index (κ3) is 4.71. The molecule has 0 bridgehead atoms. The van der Waals surface area contributed by atoms with Crippen LogP contribution in [0.5, 0.6) is 0 Å². The number of hydrogen-bond acceptors (Lipinski definition) is 4. The maximum atomic E-state index is 12.7. The molecule has 128 valence electrons. The lowest BCUT2D eigenvalue weighted by Gasteiger charge is -2.10. The summed E-state index contributed by atoms with van der Waals surface area (Å²) in [6.45, 7) is 4.11. The number of hydrogen-bond donors (Lipinski definition) is 1. The van der Waals surface area contributed by atoms with E-state index < -0.39 is 0 Å². The van der Waals surface area contributed by atoms with E-state index in [1.165, 1.54) is 5.56 Å². The van der Waals surface area contributed by atoms with E-state index in [0.717, 1.165) is 33.5 Å². The minimum Gasteiger partial charge on any atom is -0.322 e. The molecule has 0 spiro atoms. The van der Waals surface area contributed by atoms with Crippen molar-refractivity contribution in [3.63, 3.8) is 0 Å². The number of thiazole rings is 1. The minimum atomic E-state index is -0.0734. The number of rotatable bonds is 6. The lowest BCUT2D eigenvalue weighted by molar-refractivity contribution is 0.102. The summed E-state index contributed by atoms with van der Waals surface area (Å²) in [7, 11) is 0. The van der Waals surface area contributed by atoms with Gasteiger partial charge >= 0.3 is 0 Å². The Hall–Kier alpha value is -2.11. The number of aryl methyl sites for hydroxylation is 2. The largest absolute Gasteiger partial charge is 0.322 e. The smallest absolute Gasteiger partial charge is 0.255 e. The molecule has 0 unspecified atom stereocenters. The number of anilines is 1. The molecule has 1 aromatic heterocycles. The van der Waals surface area contributed by atoms with Gasteiger partial charge in [0.2, 0.25) is 0 Å². The summed E-state index contributed by atoms with van der Waals surface area (Å²) in [4.78, 5) is 17.1. The van der Waals surface area contributed by atoms with Crippen LogP contribution >= 0.6 is 23.1 Å². The molecular formula is C20H20N2OS2. The molecule has 0 atom stereocenters. The Morgan fingerprint density at radius 2 is 1.92 bits per heavy atom. The average molecular weight is 369 g/mol. The molecule has 1 N–H and O–H groups in total. The fourth-order valence-electron chi connectivity index (χ4n) is 2.43. The Labute approximate surface area is 156 Å². The highest BCUT2D eigenvalue weighted by molar-refractivity contribution is 8.00. The molecule has 5 heteroatoms. The first-order valence-corrected chi connectivity index (χ1v) is 10.1. The molecule has 0 radical (unpaired) electrons. The topological polar surface area (TPSA) is 42.0 Å². The number of thioether (sulfide) groups is 1. The van der Waals surface area contributed by atoms with Gasteiger partial charge in [0.25, 0.3) is 5.91 Å². The van der Waals surface area contributed by atoms with Gasteiger partial charge in [-0.25, -0.2) is 4.98 Å². The summed E-state index contributed by atoms with van der Waals surface area (Å²) in [6.07, 6.45) is 0.991. The van der Waals surface area contributed by atoms with Crippen LogP contribution in [0.25, 0.3) is 0 Å². The highest BCUT2D eigenvalue weighted by Crippen LogP contribution is 2.27. The average Bonchev–Trinajstić information content (AvgIpc) is 3.06. The second-order valence-electron chi connectivity index (χ2n) is 5.71. The van der Waals surface area contributed by atoms with E-state index in [1.807, 2.05) is 60.8 Å². The number of aromatic nitrogens is 1. The SMILES string of the molecule is CCc1ccc(NC(=O)c2ccccc2CSc2nc(C)cs2)cc1. The van der Waals surface area contributed by atoms with Crippen LogP contribution in [0, 0.1) is 6.92 Å². The van der Waals surface area contributed by atoms with E-state index >= 15 is 0 Å². The monoisotopic (exact) mass is 368 g/mol. The molecule has 0 aliphatic rings. The van der Waals surface area contributed by atoms with Crippen molar-refractivity contribution in [2.75, 3.05) is 5.32 Å². The summed E-state index contributed by atoms with van der Waals surface area (Å²) < 4.78 is 1.03. The van der Waals surface area contributed by atoms with Crippen molar-refractivity contribution >= 4 is 34.7 Å². The predicted octanol–water partition coefficient (Wildman–Crippen LogP) is 5.56. The molecule has 0 aliphatic heterocycles. The Morgan fingerprint density at radius 3 is 2.60 bits per heavy atom. The van der Waals surface area contributed by atoms with Crippen LogP contribution in [-0.2, 0) is 12.2 Å². The minimum absolute atomic E-state index is 0.0734. The van der Waals surface area contributed by atoms with Crippen molar-refractivity contribution < 1.29 is 4.79 Å². The zero-order valence-electron chi connectivity index (χ0n) is 14.3. The van der Waals surface area contributed by atoms with Crippen molar-refractivity contribution in [3.05, 3.63) is 76.3 Å². The summed E-state index contributed by atoms with van der Waals surface area (Å²) in [6, 6.07) is 15.7. The van der Waals surface area contributed by atoms with Crippen LogP contribution in [0.15, 0.2) is 58.3 Å². The van der Waals surface area contributed by atoms with Gasteiger partial charge in [-0.3, -0.25) is 4.79 Å². The predicted molar refractivity (Wildman–Crippen MR) is 107 cm³/mol. The van der Waals surface area contributed by atoms with Crippen LogP contribution in [0.2, 0.25) is 0 Å². The van der Waals surface area contributed by atoms with Crippen LogP contribution in [-0.4, -0.2) is 10.9 Å². The van der Waals surface area contributed by atoms with Crippen molar-refractivity contribution in [1.82, 2.24) is 4.98 Å². The molecule has 25 heavy (non-hydrogen) atoms. The third-order valence-corrected chi connectivity index (χ3v) is 6.02. The van der Waals surface area contributed by atoms with Crippen molar-refractivity contribution in [2.24, 2.45) is 0 Å². The van der Waals surface area contributed by atoms with Crippen molar-refractivity contribution in [1.29, 1.82) is 0 Å². The second-order valence-corrected chi connectivity index (χ2v) is 7.79. The van der Waals surface area contributed by atoms with Crippen LogP contribution in [0.4, 0.5) is 5.69 Å². The van der Waals surface area contributed by atoms with Gasteiger partial charge in [-0.05, 0) is 42.7 Å². The molecule has 1 heterocycles. The molecule has 2 aromatic carbocycles. The van der Waals surface area contributed by atoms with Gasteiger partial charge < -0.3 is 5.32 Å². The third-order valence-electron chi connectivity index (χ3n) is 3.83. The molecule has 3 aromatic rings. The molecule has 0 aliphatic carbocycles. The van der Waals surface area contributed by atoms with E-state index in [0.29, 0.717) is 5.56 Å². The summed E-state index contributed by atoms with van der Waals surface area (Å²) in [5.74, 6) is 0.654. The quantitative estimate of drug-likeness (QED) is 0.579. The normalized spacial score (nSPS) is 10.6. The first-order chi connectivity index (χ1) is 12.2. The highest BCUT2D eigenvalue weighted by Gasteiger charge is 2.12. The number of nitrogens with zero attached hydrogens (tertiary/aromatic N) is 1. The van der Waals surface area contributed by atoms with E-state index in [9.17, 15) is 4.79 Å². The first kappa shape index (κ1) is 17.7. The first-order valence-electron chi connectivity index (χ1n) is 8.19. The van der Waals surface area contributed by atoms with Crippen molar-refractivity contribution in [2.45, 2.75) is 30.4 Å². The lowest BCUT2D eigenvalue weighted by Crippen LogP contribution is -2.14. The van der Waals surface area contributed by atoms with E-state index in [2.05, 4.69) is 17.2 Å². The maximum absolute atomic E-state index is 12.7. The zero-order chi connectivity index (χ0) is 17.6. The standard InChI is InChI=1S/C20H20N2OS2/c1-3-15-8-10-17(11-9-15)22-19(23)18-7-5-4-6-16(18)13-25-20-21-14(2)12-24-20/h4-12H,3,13H2,1-2H3,(H,22,23). The zero-order valence-corrected chi connectivity index (χ0v) is 15.9. The lowest BCUT2D eigenvalue weighted by atomic mass is 10.1. The maximum Gasteiger partial charge on any atom is 0.255 e. The molecule has 1 amide bonds. The molecule has 3 rings (SSSR count). The van der Waals surface area contributed by atoms with Gasteiger partial charge in [0.1, 0.15) is 4.34 Å².